The summed E-state index contributed by atoms with van der Waals surface area (Å²) in [6.07, 6.45) is 1.88. The molecule has 1 saturated heterocycles. The molecule has 7 rings (SSSR count). The SMILES string of the molecule is C[C@H]1CC/C=C\[C@@H]2C[C@@]2(C(=O)NS(=O)(=O)C2(CF)CC2)CC(=O)[C@@H]2C[C@@H](Oc3nccc4c5c(ccc34)CCCO5)CN2C(=O)[C@@H](CC(=O)OC(C)(C)C(F)(F)F)[C@H](C)C1. The highest BCUT2D eigenvalue weighted by atomic mass is 32.2. The van der Waals surface area contributed by atoms with Gasteiger partial charge in [-0.05, 0) is 101 Å². The van der Waals surface area contributed by atoms with Gasteiger partial charge in [0.15, 0.2) is 5.78 Å². The van der Waals surface area contributed by atoms with Crippen LogP contribution in [0.15, 0.2) is 36.5 Å². The number of sulfonamides is 1. The third-order valence-corrected chi connectivity index (χ3v) is 15.4. The maximum Gasteiger partial charge on any atom is 0.427 e. The summed E-state index contributed by atoms with van der Waals surface area (Å²) in [4.78, 5) is 62.6. The molecule has 1 aromatic heterocycles. The van der Waals surface area contributed by atoms with Gasteiger partial charge in [0.05, 0.1) is 36.9 Å². The lowest BCUT2D eigenvalue weighted by Crippen LogP contribution is -2.49. The molecule has 0 radical (unpaired) electrons. The number of carbonyl (C=O) groups excluding carboxylic acids is 4. The minimum atomic E-state index is -4.88. The van der Waals surface area contributed by atoms with Crippen LogP contribution in [0.25, 0.3) is 10.8 Å². The Morgan fingerprint density at radius 1 is 1.08 bits per heavy atom. The van der Waals surface area contributed by atoms with E-state index in [0.29, 0.717) is 31.3 Å². The van der Waals surface area contributed by atoms with Crippen molar-refractivity contribution in [3.8, 4) is 11.6 Å². The summed E-state index contributed by atoms with van der Waals surface area (Å²) in [7, 11) is -4.41. The number of hydrogen-bond donors (Lipinski definition) is 1. The average molecular weight is 864 g/mol. The standard InChI is InChI=1S/C43H53F4N3O9S/c1-25-8-5-6-10-28-21-42(28,39(54)49-60(55,56)41(24-44)14-15-41)22-34(51)33-19-29(58-37-31-12-11-27-9-7-17-57-36(27)30(31)13-16-48-37)23-50(33)38(53)32(26(2)18-25)20-35(52)59-40(3,4)43(45,46)47/h6,10-13,16,25-26,28-29,32-33H,5,7-9,14-15,17-24H2,1-4H3,(H,49,54)/b10-6-/t25-,26+,28+,29+,32-,33-,42+/m0/s1. The number of ether oxygens (including phenoxy) is 3. The maximum absolute atomic E-state index is 14.9. The zero-order chi connectivity index (χ0) is 43.4. The number of hydrogen-bond acceptors (Lipinski definition) is 10. The number of alkyl halides is 4. The van der Waals surface area contributed by atoms with E-state index in [0.717, 1.165) is 43.4 Å². The summed E-state index contributed by atoms with van der Waals surface area (Å²) in [5, 5.41) is 1.42. The number of halogens is 4. The van der Waals surface area contributed by atoms with E-state index >= 15 is 0 Å². The first kappa shape index (κ1) is 43.8. The first-order chi connectivity index (χ1) is 28.2. The van der Waals surface area contributed by atoms with Crippen molar-refractivity contribution in [2.45, 2.75) is 127 Å². The minimum absolute atomic E-state index is 0.0141. The number of allylic oxidation sites excluding steroid dienone is 2. The summed E-state index contributed by atoms with van der Waals surface area (Å²) >= 11 is 0. The van der Waals surface area contributed by atoms with E-state index in [4.69, 9.17) is 14.2 Å². The zero-order valence-electron chi connectivity index (χ0n) is 34.3. The highest BCUT2D eigenvalue weighted by Gasteiger charge is 2.63. The smallest absolute Gasteiger partial charge is 0.427 e. The normalized spacial score (nSPS) is 30.1. The number of pyridine rings is 1. The Morgan fingerprint density at radius 3 is 2.53 bits per heavy atom. The van der Waals surface area contributed by atoms with Crippen molar-refractivity contribution in [1.82, 2.24) is 14.6 Å². The first-order valence-electron chi connectivity index (χ1n) is 20.8. The summed E-state index contributed by atoms with van der Waals surface area (Å²) in [5.41, 5.74) is -3.29. The third-order valence-electron chi connectivity index (χ3n) is 13.3. The number of ketones is 1. The van der Waals surface area contributed by atoms with Gasteiger partial charge in [0.25, 0.3) is 0 Å². The van der Waals surface area contributed by atoms with Gasteiger partial charge in [-0.1, -0.05) is 32.1 Å². The molecular formula is C43H53F4N3O9S. The Labute approximate surface area is 347 Å². The average Bonchev–Trinajstić information content (AvgIpc) is 4.09. The van der Waals surface area contributed by atoms with Gasteiger partial charge < -0.3 is 19.1 Å². The lowest BCUT2D eigenvalue weighted by atomic mass is 9.82. The Hall–Kier alpha value is -4.28. The molecule has 7 atom stereocenters. The third kappa shape index (κ3) is 8.48. The predicted molar refractivity (Wildman–Crippen MR) is 211 cm³/mol. The molecule has 2 amide bonds. The number of nitrogens with one attached hydrogen (secondary N) is 1. The van der Waals surface area contributed by atoms with Crippen LogP contribution in [0.2, 0.25) is 0 Å². The highest BCUT2D eigenvalue weighted by molar-refractivity contribution is 7.91. The molecule has 0 spiro atoms. The van der Waals surface area contributed by atoms with Crippen molar-refractivity contribution < 1.29 is 59.4 Å². The molecule has 3 fully saturated rings. The fourth-order valence-electron chi connectivity index (χ4n) is 9.10. The molecular weight excluding hydrogens is 811 g/mol. The Morgan fingerprint density at radius 2 is 1.83 bits per heavy atom. The molecule has 12 nitrogen and oxygen atoms in total. The number of aromatic nitrogens is 1. The number of carbonyl (C=O) groups is 4. The summed E-state index contributed by atoms with van der Waals surface area (Å²) in [6, 6.07) is 4.40. The van der Waals surface area contributed by atoms with Gasteiger partial charge in [0.2, 0.25) is 33.3 Å². The second kappa shape index (κ2) is 16.2. The second-order valence-electron chi connectivity index (χ2n) is 18.2. The number of amides is 2. The molecule has 1 N–H and O–H groups in total. The largest absolute Gasteiger partial charge is 0.493 e. The zero-order valence-corrected chi connectivity index (χ0v) is 35.1. The van der Waals surface area contributed by atoms with Crippen LogP contribution in [0.5, 0.6) is 11.6 Å². The number of nitrogens with zero attached hydrogens (tertiary/aromatic N) is 2. The van der Waals surface area contributed by atoms with E-state index in [-0.39, 0.29) is 44.0 Å². The van der Waals surface area contributed by atoms with Gasteiger partial charge >= 0.3 is 12.1 Å². The van der Waals surface area contributed by atoms with E-state index in [1.54, 1.807) is 19.2 Å². The Balaban J connectivity index is 1.23. The lowest BCUT2D eigenvalue weighted by molar-refractivity contribution is -0.257. The number of esters is 1. The van der Waals surface area contributed by atoms with Crippen molar-refractivity contribution in [3.63, 3.8) is 0 Å². The molecule has 2 saturated carbocycles. The number of aryl methyl sites for hydroxylation is 1. The molecule has 1 aromatic carbocycles. The van der Waals surface area contributed by atoms with E-state index in [1.807, 2.05) is 31.2 Å². The van der Waals surface area contributed by atoms with Crippen molar-refractivity contribution in [3.05, 3.63) is 42.1 Å². The Bertz CT molecular complexity index is 2170. The van der Waals surface area contributed by atoms with Crippen molar-refractivity contribution in [1.29, 1.82) is 0 Å². The molecule has 328 valence electrons. The molecule has 3 aliphatic heterocycles. The van der Waals surface area contributed by atoms with Crippen LogP contribution >= 0.6 is 0 Å². The molecule has 2 aromatic rings. The first-order valence-corrected chi connectivity index (χ1v) is 22.3. The van der Waals surface area contributed by atoms with Crippen molar-refractivity contribution in [2.24, 2.45) is 29.1 Å². The molecule has 60 heavy (non-hydrogen) atoms. The van der Waals surface area contributed by atoms with Crippen LogP contribution in [-0.4, -0.2) is 90.4 Å². The topological polar surface area (TPSA) is 158 Å². The van der Waals surface area contributed by atoms with Crippen LogP contribution < -0.4 is 14.2 Å². The fourth-order valence-corrected chi connectivity index (χ4v) is 10.6. The summed E-state index contributed by atoms with van der Waals surface area (Å²) in [6.45, 7) is 4.39. The summed E-state index contributed by atoms with van der Waals surface area (Å²) < 4.78 is 99.6. The van der Waals surface area contributed by atoms with Gasteiger partial charge in [-0.25, -0.2) is 17.8 Å². The van der Waals surface area contributed by atoms with Crippen LogP contribution in [0.4, 0.5) is 17.6 Å². The van der Waals surface area contributed by atoms with Crippen LogP contribution in [0.1, 0.15) is 97.5 Å². The lowest BCUT2D eigenvalue weighted by Gasteiger charge is -2.33. The van der Waals surface area contributed by atoms with Crippen molar-refractivity contribution in [2.75, 3.05) is 19.8 Å². The van der Waals surface area contributed by atoms with E-state index in [2.05, 4.69) is 9.71 Å². The molecule has 0 unspecified atom stereocenters. The van der Waals surface area contributed by atoms with E-state index in [9.17, 15) is 45.2 Å². The molecule has 17 heteroatoms. The predicted octanol–water partition coefficient (Wildman–Crippen LogP) is 6.72. The fraction of sp³-hybridized carbons (Fsp3) is 0.651. The molecule has 0 bridgehead atoms. The van der Waals surface area contributed by atoms with Gasteiger partial charge in [-0.3, -0.25) is 23.9 Å². The molecule has 2 aliphatic carbocycles. The Kier molecular flexibility index (Phi) is 11.8. The monoisotopic (exact) mass is 863 g/mol. The van der Waals surface area contributed by atoms with Gasteiger partial charge in [0.1, 0.15) is 23.3 Å². The number of benzene rings is 1. The van der Waals surface area contributed by atoms with Crippen molar-refractivity contribution >= 4 is 44.4 Å². The van der Waals surface area contributed by atoms with Crippen LogP contribution in [0.3, 0.4) is 0 Å². The quantitative estimate of drug-likeness (QED) is 0.163. The number of rotatable bonds is 9. The highest BCUT2D eigenvalue weighted by Crippen LogP contribution is 2.58. The maximum atomic E-state index is 14.9. The van der Waals surface area contributed by atoms with Gasteiger partial charge in [0, 0.05) is 29.8 Å². The minimum Gasteiger partial charge on any atom is -0.493 e. The van der Waals surface area contributed by atoms with Crippen LogP contribution in [0, 0.1) is 29.1 Å². The van der Waals surface area contributed by atoms with Gasteiger partial charge in [-0.15, -0.1) is 0 Å². The second-order valence-corrected chi connectivity index (χ2v) is 20.3. The molecule has 5 aliphatic rings. The van der Waals surface area contributed by atoms with E-state index < -0.39 is 105 Å². The van der Waals surface area contributed by atoms with Crippen LogP contribution in [-0.2, 0) is 40.4 Å². The number of Topliss-reactive ketones (excluding diaryl/α,β-unsaturated/α-hetero) is 1. The van der Waals surface area contributed by atoms with E-state index in [1.165, 1.54) is 4.90 Å². The van der Waals surface area contributed by atoms with Gasteiger partial charge in [-0.2, -0.15) is 13.2 Å². The molecule has 4 heterocycles. The summed E-state index contributed by atoms with van der Waals surface area (Å²) in [5.74, 6) is -4.67. The number of fused-ring (bicyclic) bond motifs is 5.